The molecule has 0 aliphatic heterocycles. The summed E-state index contributed by atoms with van der Waals surface area (Å²) in [6, 6.07) is 16.5. The number of nitrogens with two attached hydrogens (primary N) is 1. The van der Waals surface area contributed by atoms with Gasteiger partial charge in [0.1, 0.15) is 0 Å². The summed E-state index contributed by atoms with van der Waals surface area (Å²) >= 11 is 2.04. The number of benzene rings is 2. The van der Waals surface area contributed by atoms with Crippen LogP contribution >= 0.6 is 11.8 Å². The monoisotopic (exact) mass is 351 g/mol. The van der Waals surface area contributed by atoms with E-state index >= 15 is 0 Å². The van der Waals surface area contributed by atoms with E-state index in [4.69, 9.17) is 5.73 Å². The summed E-state index contributed by atoms with van der Waals surface area (Å²) < 4.78 is 0. The maximum absolute atomic E-state index is 6.11. The van der Waals surface area contributed by atoms with Crippen LogP contribution in [0, 0.1) is 12.8 Å². The van der Waals surface area contributed by atoms with Crippen molar-refractivity contribution in [1.82, 2.24) is 0 Å². The number of aryl methyl sites for hydroxylation is 2. The summed E-state index contributed by atoms with van der Waals surface area (Å²) in [5.41, 5.74) is 12.3. The number of rotatable bonds is 4. The number of hydrogen-bond donors (Lipinski definition) is 1. The van der Waals surface area contributed by atoms with Gasteiger partial charge in [-0.15, -0.1) is 11.8 Å². The molecule has 0 bridgehead atoms. The van der Waals surface area contributed by atoms with Crippen LogP contribution < -0.4 is 5.73 Å². The lowest BCUT2D eigenvalue weighted by Gasteiger charge is -2.26. The molecule has 2 aliphatic carbocycles. The van der Waals surface area contributed by atoms with Gasteiger partial charge in [0.25, 0.3) is 0 Å². The Morgan fingerprint density at radius 3 is 2.72 bits per heavy atom. The minimum atomic E-state index is 0.420. The van der Waals surface area contributed by atoms with Crippen LogP contribution in [0.4, 0.5) is 0 Å². The molecule has 0 radical (unpaired) electrons. The van der Waals surface area contributed by atoms with Gasteiger partial charge in [-0.3, -0.25) is 0 Å². The normalized spacial score (nSPS) is 25.8. The smallest absolute Gasteiger partial charge is 0.0101 e. The molecule has 2 heteroatoms. The van der Waals surface area contributed by atoms with Crippen molar-refractivity contribution >= 4 is 11.8 Å². The van der Waals surface area contributed by atoms with Gasteiger partial charge in [-0.05, 0) is 85.6 Å². The SMILES string of the molecule is Cc1ccccc1SCC1CCc2cc(C3CCC(N)C3)ccc2C1. The highest BCUT2D eigenvalue weighted by Gasteiger charge is 2.25. The zero-order valence-corrected chi connectivity index (χ0v) is 16.0. The molecule has 3 unspecified atom stereocenters. The highest BCUT2D eigenvalue weighted by Crippen LogP contribution is 2.37. The minimum absolute atomic E-state index is 0.420. The molecule has 0 heterocycles. The molecule has 2 N–H and O–H groups in total. The summed E-state index contributed by atoms with van der Waals surface area (Å²) in [4.78, 5) is 1.45. The Morgan fingerprint density at radius 2 is 1.92 bits per heavy atom. The standard InChI is InChI=1S/C23H29NS/c1-16-4-2-3-5-23(16)25-15-17-6-7-19-13-20(9-8-18(19)12-17)21-10-11-22(24)14-21/h2-5,8-9,13,17,21-22H,6-7,10-12,14-15,24H2,1H3. The third-order valence-electron chi connectivity index (χ3n) is 6.07. The molecule has 2 aliphatic rings. The largest absolute Gasteiger partial charge is 0.328 e. The topological polar surface area (TPSA) is 26.0 Å². The molecular formula is C23H29NS. The van der Waals surface area contributed by atoms with Gasteiger partial charge in [0.15, 0.2) is 0 Å². The lowest BCUT2D eigenvalue weighted by Crippen LogP contribution is -2.17. The van der Waals surface area contributed by atoms with Crippen molar-refractivity contribution in [2.75, 3.05) is 5.75 Å². The van der Waals surface area contributed by atoms with Crippen LogP contribution in [0.2, 0.25) is 0 Å². The first-order chi connectivity index (χ1) is 12.2. The van der Waals surface area contributed by atoms with Crippen LogP contribution in [-0.2, 0) is 12.8 Å². The van der Waals surface area contributed by atoms with Crippen molar-refractivity contribution in [3.63, 3.8) is 0 Å². The molecule has 2 aromatic rings. The van der Waals surface area contributed by atoms with E-state index in [-0.39, 0.29) is 0 Å². The highest BCUT2D eigenvalue weighted by molar-refractivity contribution is 7.99. The van der Waals surface area contributed by atoms with Gasteiger partial charge < -0.3 is 5.73 Å². The summed E-state index contributed by atoms with van der Waals surface area (Å²) in [6.07, 6.45) is 7.48. The van der Waals surface area contributed by atoms with Crippen molar-refractivity contribution in [2.24, 2.45) is 11.7 Å². The number of hydrogen-bond acceptors (Lipinski definition) is 2. The van der Waals surface area contributed by atoms with Crippen LogP contribution in [0.1, 0.15) is 53.9 Å². The third kappa shape index (κ3) is 3.96. The van der Waals surface area contributed by atoms with Crippen molar-refractivity contribution in [3.05, 3.63) is 64.7 Å². The molecule has 2 aromatic carbocycles. The zero-order chi connectivity index (χ0) is 17.2. The summed E-state index contributed by atoms with van der Waals surface area (Å²) in [5, 5.41) is 0. The average molecular weight is 352 g/mol. The molecule has 0 amide bonds. The summed E-state index contributed by atoms with van der Waals surface area (Å²) in [6.45, 7) is 2.22. The Hall–Kier alpha value is -1.25. The molecule has 3 atom stereocenters. The lowest BCUT2D eigenvalue weighted by atomic mass is 9.82. The Labute approximate surface area is 156 Å². The maximum Gasteiger partial charge on any atom is 0.0101 e. The van der Waals surface area contributed by atoms with E-state index in [2.05, 4.69) is 49.4 Å². The molecule has 0 spiro atoms. The first kappa shape index (κ1) is 17.2. The Kier molecular flexibility index (Phi) is 5.19. The number of fused-ring (bicyclic) bond motifs is 1. The van der Waals surface area contributed by atoms with E-state index in [0.29, 0.717) is 12.0 Å². The van der Waals surface area contributed by atoms with Gasteiger partial charge in [0, 0.05) is 16.7 Å². The third-order valence-corrected chi connectivity index (χ3v) is 7.48. The molecule has 4 rings (SSSR count). The van der Waals surface area contributed by atoms with E-state index < -0.39 is 0 Å². The van der Waals surface area contributed by atoms with Crippen LogP contribution in [0.5, 0.6) is 0 Å². The predicted octanol–water partition coefficient (Wildman–Crippen LogP) is 5.49. The second-order valence-electron chi connectivity index (χ2n) is 7.98. The highest BCUT2D eigenvalue weighted by atomic mass is 32.2. The quantitative estimate of drug-likeness (QED) is 0.737. The average Bonchev–Trinajstić information content (AvgIpc) is 3.07. The Bertz CT molecular complexity index is 739. The first-order valence-electron chi connectivity index (χ1n) is 9.75. The van der Waals surface area contributed by atoms with E-state index in [1.807, 2.05) is 11.8 Å². The van der Waals surface area contributed by atoms with Gasteiger partial charge in [-0.2, -0.15) is 0 Å². The van der Waals surface area contributed by atoms with Gasteiger partial charge in [-0.25, -0.2) is 0 Å². The van der Waals surface area contributed by atoms with Crippen molar-refractivity contribution in [2.45, 2.75) is 62.3 Å². The molecule has 0 aromatic heterocycles. The van der Waals surface area contributed by atoms with Crippen LogP contribution in [0.3, 0.4) is 0 Å². The lowest BCUT2D eigenvalue weighted by molar-refractivity contribution is 0.508. The molecule has 1 fully saturated rings. The van der Waals surface area contributed by atoms with Gasteiger partial charge in [-0.1, -0.05) is 36.4 Å². The van der Waals surface area contributed by atoms with E-state index in [0.717, 1.165) is 5.92 Å². The molecule has 132 valence electrons. The first-order valence-corrected chi connectivity index (χ1v) is 10.7. The van der Waals surface area contributed by atoms with Gasteiger partial charge >= 0.3 is 0 Å². The molecule has 1 saturated carbocycles. The van der Waals surface area contributed by atoms with E-state index in [1.54, 1.807) is 16.7 Å². The van der Waals surface area contributed by atoms with Crippen LogP contribution in [-0.4, -0.2) is 11.8 Å². The fourth-order valence-corrected chi connectivity index (χ4v) is 5.66. The van der Waals surface area contributed by atoms with E-state index in [9.17, 15) is 0 Å². The second-order valence-corrected chi connectivity index (χ2v) is 9.05. The predicted molar refractivity (Wildman–Crippen MR) is 108 cm³/mol. The van der Waals surface area contributed by atoms with Gasteiger partial charge in [0.2, 0.25) is 0 Å². The van der Waals surface area contributed by atoms with Crippen LogP contribution in [0.25, 0.3) is 0 Å². The molecule has 1 nitrogen and oxygen atoms in total. The maximum atomic E-state index is 6.11. The zero-order valence-electron chi connectivity index (χ0n) is 15.2. The molecular weight excluding hydrogens is 322 g/mol. The molecule has 25 heavy (non-hydrogen) atoms. The fraction of sp³-hybridized carbons (Fsp3) is 0.478. The summed E-state index contributed by atoms with van der Waals surface area (Å²) in [7, 11) is 0. The fourth-order valence-electron chi connectivity index (χ4n) is 4.49. The number of thioether (sulfide) groups is 1. The second kappa shape index (κ2) is 7.55. The Morgan fingerprint density at radius 1 is 1.04 bits per heavy atom. The van der Waals surface area contributed by atoms with Crippen molar-refractivity contribution in [1.29, 1.82) is 0 Å². The van der Waals surface area contributed by atoms with E-state index in [1.165, 1.54) is 54.7 Å². The van der Waals surface area contributed by atoms with Crippen molar-refractivity contribution < 1.29 is 0 Å². The van der Waals surface area contributed by atoms with Crippen molar-refractivity contribution in [3.8, 4) is 0 Å². The van der Waals surface area contributed by atoms with Gasteiger partial charge in [0.05, 0.1) is 0 Å². The molecule has 0 saturated heterocycles. The minimum Gasteiger partial charge on any atom is -0.328 e. The Balaban J connectivity index is 1.39. The van der Waals surface area contributed by atoms with Crippen LogP contribution in [0.15, 0.2) is 47.4 Å². The summed E-state index contributed by atoms with van der Waals surface area (Å²) in [5.74, 6) is 2.75.